The molecule has 0 amide bonds. The summed E-state index contributed by atoms with van der Waals surface area (Å²) in [7, 11) is 1.93. The van der Waals surface area contributed by atoms with E-state index < -0.39 is 0 Å². The Hall–Kier alpha value is -3.93. The van der Waals surface area contributed by atoms with Crippen LogP contribution in [0, 0.1) is 5.92 Å². The van der Waals surface area contributed by atoms with E-state index in [1.807, 2.05) is 53.4 Å². The summed E-state index contributed by atoms with van der Waals surface area (Å²) in [5, 5.41) is 9.97. The summed E-state index contributed by atoms with van der Waals surface area (Å²) in [5.74, 6) is 0.592. The Labute approximate surface area is 187 Å². The molecular formula is C26H26N6. The second-order valence-corrected chi connectivity index (χ2v) is 8.71. The van der Waals surface area contributed by atoms with Crippen LogP contribution in [-0.2, 0) is 7.05 Å². The van der Waals surface area contributed by atoms with Crippen molar-refractivity contribution in [3.8, 4) is 22.3 Å². The molecule has 1 aliphatic carbocycles. The Morgan fingerprint density at radius 2 is 1.97 bits per heavy atom. The van der Waals surface area contributed by atoms with Gasteiger partial charge in [-0.1, -0.05) is 19.1 Å². The number of aryl methyl sites for hydroxylation is 1. The highest BCUT2D eigenvalue weighted by molar-refractivity contribution is 5.97. The molecule has 160 valence electrons. The lowest BCUT2D eigenvalue weighted by atomic mass is 9.89. The number of aromatic amines is 1. The fourth-order valence-corrected chi connectivity index (χ4v) is 4.72. The van der Waals surface area contributed by atoms with Gasteiger partial charge in [0.25, 0.3) is 0 Å². The molecule has 1 unspecified atom stereocenters. The van der Waals surface area contributed by atoms with E-state index in [4.69, 9.17) is 4.98 Å². The third-order valence-corrected chi connectivity index (χ3v) is 6.34. The van der Waals surface area contributed by atoms with E-state index in [1.54, 1.807) is 0 Å². The van der Waals surface area contributed by atoms with Gasteiger partial charge in [-0.25, -0.2) is 9.50 Å². The summed E-state index contributed by atoms with van der Waals surface area (Å²) in [6.45, 7) is 4.45. The van der Waals surface area contributed by atoms with Crippen LogP contribution >= 0.6 is 0 Å². The molecule has 0 saturated carbocycles. The minimum atomic E-state index is 0. The summed E-state index contributed by atoms with van der Waals surface area (Å²) >= 11 is 0. The summed E-state index contributed by atoms with van der Waals surface area (Å²) < 4.78 is 3.72. The molecule has 32 heavy (non-hydrogen) atoms. The second kappa shape index (κ2) is 7.05. The Balaban J connectivity index is 0.00000228. The maximum Gasteiger partial charge on any atom is 0.137 e. The van der Waals surface area contributed by atoms with Crippen LogP contribution in [0.5, 0.6) is 0 Å². The van der Waals surface area contributed by atoms with E-state index in [2.05, 4.69) is 59.4 Å². The zero-order chi connectivity index (χ0) is 21.8. The molecule has 1 atom stereocenters. The van der Waals surface area contributed by atoms with E-state index in [0.717, 1.165) is 45.2 Å². The second-order valence-electron chi connectivity index (χ2n) is 8.71. The molecule has 1 N–H and O–H groups in total. The number of nitrogens with zero attached hydrogens (tertiary/aromatic N) is 5. The lowest BCUT2D eigenvalue weighted by molar-refractivity contribution is 0.732. The summed E-state index contributed by atoms with van der Waals surface area (Å²) in [4.78, 5) is 8.07. The van der Waals surface area contributed by atoms with Crippen LogP contribution in [0.2, 0.25) is 0 Å². The molecular weight excluding hydrogens is 396 g/mol. The highest BCUT2D eigenvalue weighted by Gasteiger charge is 2.16. The molecule has 0 radical (unpaired) electrons. The number of aromatic nitrogens is 6. The van der Waals surface area contributed by atoms with Crippen molar-refractivity contribution in [1.82, 2.24) is 29.4 Å². The van der Waals surface area contributed by atoms with E-state index in [0.29, 0.717) is 5.92 Å². The van der Waals surface area contributed by atoms with Crippen LogP contribution in [0.4, 0.5) is 0 Å². The van der Waals surface area contributed by atoms with Crippen LogP contribution in [0.25, 0.3) is 44.4 Å². The van der Waals surface area contributed by atoms with Gasteiger partial charge >= 0.3 is 0 Å². The van der Waals surface area contributed by atoms with Gasteiger partial charge in [0.05, 0.1) is 17.9 Å². The first kappa shape index (κ1) is 18.8. The van der Waals surface area contributed by atoms with Crippen molar-refractivity contribution in [1.29, 1.82) is 0 Å². The zero-order valence-electron chi connectivity index (χ0n) is 18.4. The number of H-pyrrole nitrogens is 1. The molecule has 6 nitrogen and oxygen atoms in total. The van der Waals surface area contributed by atoms with Gasteiger partial charge in [-0.2, -0.15) is 10.2 Å². The normalized spacial score (nSPS) is 16.5. The van der Waals surface area contributed by atoms with E-state index in [-0.39, 0.29) is 1.43 Å². The monoisotopic (exact) mass is 422 g/mol. The van der Waals surface area contributed by atoms with Gasteiger partial charge in [0.1, 0.15) is 5.65 Å². The van der Waals surface area contributed by atoms with Crippen molar-refractivity contribution in [2.75, 3.05) is 0 Å². The fourth-order valence-electron chi connectivity index (χ4n) is 4.72. The number of hydrogen-bond acceptors (Lipinski definition) is 3. The predicted molar refractivity (Wildman–Crippen MR) is 130 cm³/mol. The average Bonchev–Trinajstić information content (AvgIpc) is 3.50. The van der Waals surface area contributed by atoms with Crippen molar-refractivity contribution >= 4 is 22.1 Å². The number of nitrogens with one attached hydrogen (secondary N) is 1. The molecule has 5 heterocycles. The molecule has 6 rings (SSSR count). The van der Waals surface area contributed by atoms with Gasteiger partial charge in [0, 0.05) is 60.9 Å². The first-order valence-electron chi connectivity index (χ1n) is 10.9. The SMILES string of the molecule is CC1=CC(C)CC=C1c1cnc2[nH]cc(-c3ccn4ncc(-c5cnn(C)c5)c4c3)c2c1.[HH]. The average molecular weight is 423 g/mol. The number of pyridine rings is 2. The number of rotatable bonds is 3. The minimum Gasteiger partial charge on any atom is -0.346 e. The number of allylic oxidation sites excluding steroid dienone is 4. The smallest absolute Gasteiger partial charge is 0.137 e. The van der Waals surface area contributed by atoms with Crippen molar-refractivity contribution in [3.05, 3.63) is 78.7 Å². The van der Waals surface area contributed by atoms with Crippen molar-refractivity contribution < 1.29 is 1.43 Å². The molecule has 0 aromatic carbocycles. The maximum atomic E-state index is 4.72. The molecule has 0 saturated heterocycles. The van der Waals surface area contributed by atoms with Gasteiger partial charge in [-0.15, -0.1) is 0 Å². The first-order valence-corrected chi connectivity index (χ1v) is 10.9. The molecule has 5 aromatic rings. The van der Waals surface area contributed by atoms with Crippen LogP contribution in [-0.4, -0.2) is 29.4 Å². The van der Waals surface area contributed by atoms with Crippen molar-refractivity contribution in [3.63, 3.8) is 0 Å². The Kier molecular flexibility index (Phi) is 4.15. The third-order valence-electron chi connectivity index (χ3n) is 6.34. The fraction of sp³-hybridized carbons (Fsp3) is 0.192. The Bertz CT molecular complexity index is 1550. The van der Waals surface area contributed by atoms with Gasteiger partial charge in [-0.05, 0) is 54.2 Å². The molecule has 0 fully saturated rings. The van der Waals surface area contributed by atoms with Crippen LogP contribution in [0.3, 0.4) is 0 Å². The van der Waals surface area contributed by atoms with Crippen molar-refractivity contribution in [2.24, 2.45) is 13.0 Å². The molecule has 5 aromatic heterocycles. The Morgan fingerprint density at radius 1 is 1.06 bits per heavy atom. The van der Waals surface area contributed by atoms with Gasteiger partial charge in [0.2, 0.25) is 0 Å². The minimum absolute atomic E-state index is 0. The highest BCUT2D eigenvalue weighted by atomic mass is 15.2. The van der Waals surface area contributed by atoms with E-state index in [1.165, 1.54) is 16.7 Å². The van der Waals surface area contributed by atoms with Crippen molar-refractivity contribution in [2.45, 2.75) is 20.3 Å². The predicted octanol–water partition coefficient (Wildman–Crippen LogP) is 5.89. The number of fused-ring (bicyclic) bond motifs is 2. The van der Waals surface area contributed by atoms with Gasteiger partial charge in [-0.3, -0.25) is 4.68 Å². The first-order chi connectivity index (χ1) is 15.6. The van der Waals surface area contributed by atoms with Crippen LogP contribution in [0.1, 0.15) is 27.3 Å². The number of hydrogen-bond donors (Lipinski definition) is 1. The third kappa shape index (κ3) is 2.99. The highest BCUT2D eigenvalue weighted by Crippen LogP contribution is 2.35. The summed E-state index contributed by atoms with van der Waals surface area (Å²) in [5.41, 5.74) is 10.1. The van der Waals surface area contributed by atoms with E-state index >= 15 is 0 Å². The van der Waals surface area contributed by atoms with Gasteiger partial charge in [0.15, 0.2) is 0 Å². The topological polar surface area (TPSA) is 63.8 Å². The van der Waals surface area contributed by atoms with Crippen LogP contribution < -0.4 is 0 Å². The summed E-state index contributed by atoms with van der Waals surface area (Å²) in [6, 6.07) is 6.56. The molecule has 0 bridgehead atoms. The lowest BCUT2D eigenvalue weighted by Gasteiger charge is -2.17. The largest absolute Gasteiger partial charge is 0.346 e. The molecule has 0 aliphatic heterocycles. The Morgan fingerprint density at radius 3 is 2.78 bits per heavy atom. The van der Waals surface area contributed by atoms with E-state index in [9.17, 15) is 0 Å². The zero-order valence-corrected chi connectivity index (χ0v) is 18.4. The lowest BCUT2D eigenvalue weighted by Crippen LogP contribution is -1.99. The maximum absolute atomic E-state index is 4.72. The quantitative estimate of drug-likeness (QED) is 0.394. The van der Waals surface area contributed by atoms with Gasteiger partial charge < -0.3 is 4.98 Å². The molecule has 0 spiro atoms. The van der Waals surface area contributed by atoms with Crippen LogP contribution in [0.15, 0.2) is 73.1 Å². The molecule has 6 heteroatoms. The molecule has 1 aliphatic rings. The standard InChI is InChI=1S/C26H24N6.H2/c1-16-4-5-21(17(2)8-16)19-9-22-23(13-28-26(22)27-11-19)18-6-7-32-25(10-18)24(14-30-32)20-12-29-31(3)15-20;/h5-16H,4H2,1-3H3,(H,27,28);1H. The summed E-state index contributed by atoms with van der Waals surface area (Å²) in [6.07, 6.45) is 17.6.